The van der Waals surface area contributed by atoms with Gasteiger partial charge in [-0.2, -0.15) is 0 Å². The molecular weight excluding hydrogens is 218 g/mol. The van der Waals surface area contributed by atoms with Crippen molar-refractivity contribution in [1.82, 2.24) is 4.57 Å². The number of carboxylic acid groups (broad SMARTS) is 1. The number of hydrogen-bond donors (Lipinski definition) is 1. The number of rotatable bonds is 2. The van der Waals surface area contributed by atoms with Crippen LogP contribution in [-0.2, 0) is 11.8 Å². The monoisotopic (exact) mass is 231 g/mol. The van der Waals surface area contributed by atoms with Crippen molar-refractivity contribution < 1.29 is 14.7 Å². The average molecular weight is 231 g/mol. The number of nitrogens with zero attached hydrogens (tertiary/aromatic N) is 1. The summed E-state index contributed by atoms with van der Waals surface area (Å²) in [7, 11) is 1.81. The van der Waals surface area contributed by atoms with Crippen molar-refractivity contribution in [2.75, 3.05) is 0 Å². The zero-order valence-corrected chi connectivity index (χ0v) is 9.94. The zero-order valence-electron chi connectivity index (χ0n) is 9.94. The molecule has 0 aliphatic rings. The molecule has 0 atom stereocenters. The summed E-state index contributed by atoms with van der Waals surface area (Å²) in [5.74, 6) is -2.28. The molecule has 0 aliphatic carbocycles. The molecule has 88 valence electrons. The van der Waals surface area contributed by atoms with Crippen LogP contribution >= 0.6 is 0 Å². The van der Waals surface area contributed by atoms with E-state index in [0.29, 0.717) is 0 Å². The minimum absolute atomic E-state index is 0.257. The standard InChI is InChI=1S/C13H13NO3/c1-7-4-8(2)11-9(12(15)13(16)17)6-14(3)10(11)5-7/h4-6H,1-3H3,(H,16,17). The van der Waals surface area contributed by atoms with Gasteiger partial charge >= 0.3 is 5.97 Å². The summed E-state index contributed by atoms with van der Waals surface area (Å²) in [6.45, 7) is 3.85. The summed E-state index contributed by atoms with van der Waals surface area (Å²) in [6.07, 6.45) is 1.58. The molecule has 4 nitrogen and oxygen atoms in total. The van der Waals surface area contributed by atoms with Crippen LogP contribution in [0.2, 0.25) is 0 Å². The predicted octanol–water partition coefficient (Wildman–Crippen LogP) is 2.06. The molecule has 1 N–H and O–H groups in total. The Morgan fingerprint density at radius 2 is 1.88 bits per heavy atom. The topological polar surface area (TPSA) is 59.3 Å². The van der Waals surface area contributed by atoms with Crippen LogP contribution in [0, 0.1) is 13.8 Å². The van der Waals surface area contributed by atoms with Crippen LogP contribution in [0.25, 0.3) is 10.9 Å². The maximum absolute atomic E-state index is 11.6. The molecule has 0 aliphatic heterocycles. The quantitative estimate of drug-likeness (QED) is 0.635. The van der Waals surface area contributed by atoms with Crippen LogP contribution in [0.5, 0.6) is 0 Å². The normalized spacial score (nSPS) is 10.8. The molecular formula is C13H13NO3. The van der Waals surface area contributed by atoms with Gasteiger partial charge in [0.25, 0.3) is 5.78 Å². The number of hydrogen-bond acceptors (Lipinski definition) is 2. The van der Waals surface area contributed by atoms with Crippen LogP contribution in [0.3, 0.4) is 0 Å². The Labute approximate surface area is 98.5 Å². The van der Waals surface area contributed by atoms with Crippen LogP contribution in [0.15, 0.2) is 18.3 Å². The van der Waals surface area contributed by atoms with Gasteiger partial charge in [0, 0.05) is 24.1 Å². The fourth-order valence-corrected chi connectivity index (χ4v) is 2.19. The highest BCUT2D eigenvalue weighted by molar-refractivity contribution is 6.42. The van der Waals surface area contributed by atoms with E-state index in [-0.39, 0.29) is 5.56 Å². The number of Topliss-reactive ketones (excluding diaryl/α,β-unsaturated/α-hetero) is 1. The third-order valence-electron chi connectivity index (χ3n) is 2.87. The van der Waals surface area contributed by atoms with Gasteiger partial charge in [-0.1, -0.05) is 6.07 Å². The van der Waals surface area contributed by atoms with Crippen LogP contribution in [-0.4, -0.2) is 21.4 Å². The van der Waals surface area contributed by atoms with Crippen molar-refractivity contribution in [2.24, 2.45) is 7.05 Å². The first kappa shape index (κ1) is 11.4. The minimum Gasteiger partial charge on any atom is -0.475 e. The van der Waals surface area contributed by atoms with E-state index < -0.39 is 11.8 Å². The summed E-state index contributed by atoms with van der Waals surface area (Å²) in [4.78, 5) is 22.4. The number of carbonyl (C=O) groups is 2. The first-order chi connectivity index (χ1) is 7.91. The molecule has 17 heavy (non-hydrogen) atoms. The van der Waals surface area contributed by atoms with Gasteiger partial charge in [-0.3, -0.25) is 4.79 Å². The van der Waals surface area contributed by atoms with Gasteiger partial charge in [-0.15, -0.1) is 0 Å². The Morgan fingerprint density at radius 1 is 1.24 bits per heavy atom. The molecule has 1 heterocycles. The molecule has 0 unspecified atom stereocenters. The van der Waals surface area contributed by atoms with E-state index in [0.717, 1.165) is 22.0 Å². The highest BCUT2D eigenvalue weighted by Crippen LogP contribution is 2.26. The lowest BCUT2D eigenvalue weighted by molar-refractivity contribution is -0.131. The van der Waals surface area contributed by atoms with E-state index in [9.17, 15) is 9.59 Å². The van der Waals surface area contributed by atoms with Gasteiger partial charge in [0.1, 0.15) is 0 Å². The van der Waals surface area contributed by atoms with Gasteiger partial charge in [-0.25, -0.2) is 4.79 Å². The SMILES string of the molecule is Cc1cc(C)c2c(C(=O)C(=O)O)cn(C)c2c1. The highest BCUT2D eigenvalue weighted by Gasteiger charge is 2.21. The molecule has 0 radical (unpaired) electrons. The van der Waals surface area contributed by atoms with Crippen LogP contribution in [0.1, 0.15) is 21.5 Å². The number of fused-ring (bicyclic) bond motifs is 1. The highest BCUT2D eigenvalue weighted by atomic mass is 16.4. The fourth-order valence-electron chi connectivity index (χ4n) is 2.19. The largest absolute Gasteiger partial charge is 0.475 e. The lowest BCUT2D eigenvalue weighted by Gasteiger charge is -2.02. The van der Waals surface area contributed by atoms with E-state index in [2.05, 4.69) is 0 Å². The van der Waals surface area contributed by atoms with Gasteiger partial charge < -0.3 is 9.67 Å². The predicted molar refractivity (Wildman–Crippen MR) is 64.4 cm³/mol. The first-order valence-electron chi connectivity index (χ1n) is 5.25. The van der Waals surface area contributed by atoms with E-state index in [1.807, 2.05) is 26.0 Å². The third kappa shape index (κ3) is 1.71. The third-order valence-corrected chi connectivity index (χ3v) is 2.87. The van der Waals surface area contributed by atoms with Crippen molar-refractivity contribution in [2.45, 2.75) is 13.8 Å². The van der Waals surface area contributed by atoms with E-state index in [1.165, 1.54) is 0 Å². The van der Waals surface area contributed by atoms with Crippen molar-refractivity contribution in [1.29, 1.82) is 0 Å². The summed E-state index contributed by atoms with van der Waals surface area (Å²) in [5, 5.41) is 9.52. The van der Waals surface area contributed by atoms with Crippen molar-refractivity contribution in [3.8, 4) is 0 Å². The summed E-state index contributed by atoms with van der Waals surface area (Å²) >= 11 is 0. The Kier molecular flexibility index (Phi) is 2.50. The maximum atomic E-state index is 11.6. The Balaban J connectivity index is 2.83. The summed E-state index contributed by atoms with van der Waals surface area (Å²) < 4.78 is 1.78. The number of carboxylic acids is 1. The number of aromatic nitrogens is 1. The number of aliphatic carboxylic acids is 1. The van der Waals surface area contributed by atoms with Gasteiger partial charge in [-0.05, 0) is 31.0 Å². The maximum Gasteiger partial charge on any atom is 0.377 e. The lowest BCUT2D eigenvalue weighted by atomic mass is 10.0. The number of benzene rings is 1. The van der Waals surface area contributed by atoms with Gasteiger partial charge in [0.15, 0.2) is 0 Å². The minimum atomic E-state index is -1.42. The second kappa shape index (κ2) is 3.73. The van der Waals surface area contributed by atoms with E-state index in [1.54, 1.807) is 17.8 Å². The second-order valence-corrected chi connectivity index (χ2v) is 4.26. The van der Waals surface area contributed by atoms with E-state index >= 15 is 0 Å². The van der Waals surface area contributed by atoms with E-state index in [4.69, 9.17) is 5.11 Å². The first-order valence-corrected chi connectivity index (χ1v) is 5.25. The number of carbonyl (C=O) groups excluding carboxylic acids is 1. The Morgan fingerprint density at radius 3 is 2.47 bits per heavy atom. The average Bonchev–Trinajstić information content (AvgIpc) is 2.55. The van der Waals surface area contributed by atoms with Gasteiger partial charge in [0.2, 0.25) is 0 Å². The molecule has 4 heteroatoms. The summed E-state index contributed by atoms with van der Waals surface area (Å²) in [5.41, 5.74) is 3.15. The molecule has 2 rings (SSSR count). The summed E-state index contributed by atoms with van der Waals surface area (Å²) in [6, 6.07) is 3.89. The van der Waals surface area contributed by atoms with Crippen LogP contribution in [0.4, 0.5) is 0 Å². The molecule has 0 spiro atoms. The number of aryl methyl sites for hydroxylation is 3. The Hall–Kier alpha value is -2.10. The molecule has 1 aromatic heterocycles. The van der Waals surface area contributed by atoms with Gasteiger partial charge in [0.05, 0.1) is 5.56 Å². The van der Waals surface area contributed by atoms with Crippen LogP contribution < -0.4 is 0 Å². The fraction of sp³-hybridized carbons (Fsp3) is 0.231. The Bertz CT molecular complexity index is 638. The van der Waals surface area contributed by atoms with Crippen molar-refractivity contribution in [3.05, 3.63) is 35.0 Å². The zero-order chi connectivity index (χ0) is 12.7. The molecule has 0 bridgehead atoms. The molecule has 0 saturated heterocycles. The van der Waals surface area contributed by atoms with Crippen molar-refractivity contribution >= 4 is 22.7 Å². The lowest BCUT2D eigenvalue weighted by Crippen LogP contribution is -2.12. The molecule has 2 aromatic rings. The van der Waals surface area contributed by atoms with Crippen molar-refractivity contribution in [3.63, 3.8) is 0 Å². The smallest absolute Gasteiger partial charge is 0.377 e. The second-order valence-electron chi connectivity index (χ2n) is 4.26. The molecule has 0 fully saturated rings. The molecule has 1 aromatic carbocycles. The molecule has 0 amide bonds. The number of ketones is 1. The molecule has 0 saturated carbocycles.